The second-order valence-corrected chi connectivity index (χ2v) is 8.66. The molecule has 1 amide bonds. The summed E-state index contributed by atoms with van der Waals surface area (Å²) in [4.78, 5) is 12.7. The van der Waals surface area contributed by atoms with Gasteiger partial charge in [-0.1, -0.05) is 13.8 Å². The summed E-state index contributed by atoms with van der Waals surface area (Å²) < 4.78 is 32.9. The number of hydrogen-bond donors (Lipinski definition) is 2. The van der Waals surface area contributed by atoms with E-state index in [9.17, 15) is 13.2 Å². The summed E-state index contributed by atoms with van der Waals surface area (Å²) in [5.74, 6) is 0.159. The molecular weight excluding hydrogens is 366 g/mol. The van der Waals surface area contributed by atoms with E-state index in [-0.39, 0.29) is 16.7 Å². The monoisotopic (exact) mass is 397 g/mol. The number of nitrogens with zero attached hydrogens (tertiary/aromatic N) is 1. The van der Waals surface area contributed by atoms with Crippen molar-refractivity contribution >= 4 is 21.6 Å². The zero-order valence-electron chi connectivity index (χ0n) is 16.6. The predicted molar refractivity (Wildman–Crippen MR) is 107 cm³/mol. The van der Waals surface area contributed by atoms with Gasteiger partial charge < -0.3 is 15.4 Å². The molecule has 27 heavy (non-hydrogen) atoms. The molecule has 1 heterocycles. The van der Waals surface area contributed by atoms with Crippen LogP contribution in [0.1, 0.15) is 40.5 Å². The van der Waals surface area contributed by atoms with Crippen LogP contribution in [0.25, 0.3) is 0 Å². The van der Waals surface area contributed by atoms with Crippen LogP contribution in [-0.2, 0) is 14.8 Å². The van der Waals surface area contributed by atoms with E-state index in [2.05, 4.69) is 17.6 Å². The lowest BCUT2D eigenvalue weighted by molar-refractivity contribution is -0.120. The third-order valence-corrected chi connectivity index (χ3v) is 6.90. The van der Waals surface area contributed by atoms with Gasteiger partial charge in [-0.25, -0.2) is 8.42 Å². The Kier molecular flexibility index (Phi) is 7.64. The Labute approximate surface area is 162 Å². The fraction of sp³-hybridized carbons (Fsp3) is 0.632. The van der Waals surface area contributed by atoms with Gasteiger partial charge in [-0.15, -0.1) is 0 Å². The highest BCUT2D eigenvalue weighted by Gasteiger charge is 2.28. The zero-order chi connectivity index (χ0) is 20.0. The summed E-state index contributed by atoms with van der Waals surface area (Å²) in [6.07, 6.45) is 1.55. The van der Waals surface area contributed by atoms with Crippen LogP contribution in [0.5, 0.6) is 5.75 Å². The Morgan fingerprint density at radius 2 is 2.00 bits per heavy atom. The number of amides is 1. The second-order valence-electron chi connectivity index (χ2n) is 6.75. The van der Waals surface area contributed by atoms with Crippen molar-refractivity contribution in [2.45, 2.75) is 51.5 Å². The average Bonchev–Trinajstić information content (AvgIpc) is 2.63. The third kappa shape index (κ3) is 5.21. The molecule has 0 spiro atoms. The lowest BCUT2D eigenvalue weighted by Crippen LogP contribution is -2.40. The molecular formula is C19H31N3O4S. The molecule has 0 radical (unpaired) electrons. The number of piperidine rings is 1. The van der Waals surface area contributed by atoms with Crippen molar-refractivity contribution in [3.8, 4) is 5.75 Å². The summed E-state index contributed by atoms with van der Waals surface area (Å²) in [7, 11) is -3.70. The normalized spacial score (nSPS) is 20.5. The van der Waals surface area contributed by atoms with Crippen molar-refractivity contribution in [3.05, 3.63) is 18.2 Å². The number of sulfonamides is 1. The molecule has 1 aliphatic heterocycles. The van der Waals surface area contributed by atoms with Crippen molar-refractivity contribution < 1.29 is 17.9 Å². The van der Waals surface area contributed by atoms with E-state index < -0.39 is 10.0 Å². The Balaban J connectivity index is 2.30. The molecule has 2 rings (SSSR count). The van der Waals surface area contributed by atoms with Gasteiger partial charge in [-0.2, -0.15) is 4.31 Å². The highest BCUT2D eigenvalue weighted by Crippen LogP contribution is 2.30. The van der Waals surface area contributed by atoms with Crippen LogP contribution in [-0.4, -0.2) is 50.9 Å². The number of benzene rings is 1. The van der Waals surface area contributed by atoms with E-state index in [4.69, 9.17) is 4.74 Å². The van der Waals surface area contributed by atoms with Gasteiger partial charge in [0.1, 0.15) is 10.6 Å². The minimum Gasteiger partial charge on any atom is -0.492 e. The van der Waals surface area contributed by atoms with Crippen molar-refractivity contribution in [1.29, 1.82) is 0 Å². The molecule has 1 aliphatic rings. The van der Waals surface area contributed by atoms with Gasteiger partial charge in [0.2, 0.25) is 15.9 Å². The lowest BCUT2D eigenvalue weighted by Gasteiger charge is -2.27. The molecule has 8 heteroatoms. The molecule has 7 nitrogen and oxygen atoms in total. The quantitative estimate of drug-likeness (QED) is 0.703. The van der Waals surface area contributed by atoms with Crippen LogP contribution in [0, 0.1) is 5.92 Å². The molecule has 0 unspecified atom stereocenters. The second kappa shape index (κ2) is 9.52. The van der Waals surface area contributed by atoms with Crippen LogP contribution in [0.15, 0.2) is 23.1 Å². The van der Waals surface area contributed by atoms with E-state index in [0.717, 1.165) is 19.4 Å². The first kappa shape index (κ1) is 21.7. The van der Waals surface area contributed by atoms with Crippen LogP contribution in [0.4, 0.5) is 5.69 Å². The number of anilines is 1. The molecule has 1 saturated heterocycles. The van der Waals surface area contributed by atoms with Gasteiger partial charge in [0.05, 0.1) is 6.61 Å². The molecule has 2 N–H and O–H groups in total. The maximum absolute atomic E-state index is 13.0. The number of rotatable bonds is 8. The summed E-state index contributed by atoms with van der Waals surface area (Å²) in [6.45, 7) is 9.37. The summed E-state index contributed by atoms with van der Waals surface area (Å²) in [5, 5.41) is 6.21. The lowest BCUT2D eigenvalue weighted by atomic mass is 9.92. The molecule has 0 aromatic heterocycles. The Bertz CT molecular complexity index is 747. The van der Waals surface area contributed by atoms with Crippen molar-refractivity contribution in [2.24, 2.45) is 5.92 Å². The van der Waals surface area contributed by atoms with Gasteiger partial charge in [0, 0.05) is 30.7 Å². The fourth-order valence-electron chi connectivity index (χ4n) is 3.38. The SMILES string of the molecule is CCOc1ccc(NC(=O)[C@H]2CCN[C@@H](C)C2)cc1S(=O)(=O)N(CC)CC. The Morgan fingerprint density at radius 1 is 1.30 bits per heavy atom. The van der Waals surface area contributed by atoms with Gasteiger partial charge in [-0.3, -0.25) is 4.79 Å². The van der Waals surface area contributed by atoms with Crippen LogP contribution in [0.2, 0.25) is 0 Å². The minimum absolute atomic E-state index is 0.0707. The number of hydrogen-bond acceptors (Lipinski definition) is 5. The first-order valence-electron chi connectivity index (χ1n) is 9.64. The van der Waals surface area contributed by atoms with E-state index in [1.807, 2.05) is 6.92 Å². The smallest absolute Gasteiger partial charge is 0.246 e. The van der Waals surface area contributed by atoms with Gasteiger partial charge in [0.25, 0.3) is 0 Å². The Morgan fingerprint density at radius 3 is 2.59 bits per heavy atom. The van der Waals surface area contributed by atoms with Gasteiger partial charge in [0.15, 0.2) is 0 Å². The van der Waals surface area contributed by atoms with E-state index in [0.29, 0.717) is 37.2 Å². The number of carbonyl (C=O) groups is 1. The number of nitrogens with one attached hydrogen (secondary N) is 2. The Hall–Kier alpha value is -1.64. The van der Waals surface area contributed by atoms with Crippen molar-refractivity contribution in [1.82, 2.24) is 9.62 Å². The molecule has 0 saturated carbocycles. The van der Waals surface area contributed by atoms with Gasteiger partial charge in [-0.05, 0) is 51.4 Å². The van der Waals surface area contributed by atoms with Crippen molar-refractivity contribution in [2.75, 3.05) is 31.6 Å². The van der Waals surface area contributed by atoms with E-state index in [1.54, 1.807) is 26.0 Å². The molecule has 1 aromatic rings. The fourth-order valence-corrected chi connectivity index (χ4v) is 4.99. The molecule has 0 aliphatic carbocycles. The van der Waals surface area contributed by atoms with Crippen LogP contribution < -0.4 is 15.4 Å². The van der Waals surface area contributed by atoms with Gasteiger partial charge >= 0.3 is 0 Å². The number of carbonyl (C=O) groups excluding carboxylic acids is 1. The van der Waals surface area contributed by atoms with Crippen LogP contribution in [0.3, 0.4) is 0 Å². The first-order chi connectivity index (χ1) is 12.8. The maximum atomic E-state index is 13.0. The molecule has 1 aromatic carbocycles. The largest absolute Gasteiger partial charge is 0.492 e. The minimum atomic E-state index is -3.70. The average molecular weight is 398 g/mol. The highest BCUT2D eigenvalue weighted by molar-refractivity contribution is 7.89. The highest BCUT2D eigenvalue weighted by atomic mass is 32.2. The first-order valence-corrected chi connectivity index (χ1v) is 11.1. The van der Waals surface area contributed by atoms with E-state index in [1.165, 1.54) is 10.4 Å². The molecule has 0 bridgehead atoms. The zero-order valence-corrected chi connectivity index (χ0v) is 17.4. The predicted octanol–water partition coefficient (Wildman–Crippen LogP) is 2.44. The molecule has 152 valence electrons. The summed E-state index contributed by atoms with van der Waals surface area (Å²) in [6, 6.07) is 5.10. The van der Waals surface area contributed by atoms with Crippen LogP contribution >= 0.6 is 0 Å². The summed E-state index contributed by atoms with van der Waals surface area (Å²) in [5.41, 5.74) is 0.473. The maximum Gasteiger partial charge on any atom is 0.246 e. The number of ether oxygens (including phenoxy) is 1. The topological polar surface area (TPSA) is 87.7 Å². The molecule has 1 fully saturated rings. The standard InChI is InChI=1S/C19H31N3O4S/c1-5-22(6-2)27(24,25)18-13-16(8-9-17(18)26-7-3)21-19(23)15-10-11-20-14(4)12-15/h8-9,13-15,20H,5-7,10-12H2,1-4H3,(H,21,23)/t14-,15-/m0/s1. The third-order valence-electron chi connectivity index (χ3n) is 4.83. The summed E-state index contributed by atoms with van der Waals surface area (Å²) >= 11 is 0. The van der Waals surface area contributed by atoms with Crippen molar-refractivity contribution in [3.63, 3.8) is 0 Å². The molecule has 2 atom stereocenters. The van der Waals surface area contributed by atoms with E-state index >= 15 is 0 Å².